The van der Waals surface area contributed by atoms with Gasteiger partial charge in [0.15, 0.2) is 17.5 Å². The molecule has 1 heterocycles. The number of aromatic nitrogens is 1. The van der Waals surface area contributed by atoms with Gasteiger partial charge in [-0.1, -0.05) is 31.1 Å². The van der Waals surface area contributed by atoms with E-state index in [1.54, 1.807) is 13.2 Å². The Morgan fingerprint density at radius 3 is 2.70 bits per heavy atom. The highest BCUT2D eigenvalue weighted by Crippen LogP contribution is 2.29. The molecule has 2 aromatic rings. The zero-order valence-corrected chi connectivity index (χ0v) is 16.6. The number of rotatable bonds is 9. The van der Waals surface area contributed by atoms with Gasteiger partial charge in [0.1, 0.15) is 5.76 Å². The number of phenols is 1. The molecular weight excluding hydrogens is 344 g/mol. The summed E-state index contributed by atoms with van der Waals surface area (Å²) in [5, 5.41) is 20.9. The molecule has 0 spiro atoms. The van der Waals surface area contributed by atoms with Crippen LogP contribution in [0, 0.1) is 0 Å². The van der Waals surface area contributed by atoms with Gasteiger partial charge in [0, 0.05) is 25.1 Å². The lowest BCUT2D eigenvalue weighted by molar-refractivity contribution is 0.370. The number of nitrogens with one attached hydrogen (secondary N) is 2. The molecule has 7 heteroatoms. The molecule has 2 rings (SSSR count). The first-order chi connectivity index (χ1) is 13.1. The number of nitrogens with zero attached hydrogens (tertiary/aromatic N) is 2. The Hall–Kier alpha value is -2.70. The molecule has 27 heavy (non-hydrogen) atoms. The van der Waals surface area contributed by atoms with Crippen LogP contribution in [0.1, 0.15) is 43.4 Å². The molecule has 0 atom stereocenters. The van der Waals surface area contributed by atoms with E-state index in [2.05, 4.69) is 34.6 Å². The van der Waals surface area contributed by atoms with Crippen LogP contribution in [0.4, 0.5) is 0 Å². The van der Waals surface area contributed by atoms with Crippen LogP contribution < -0.4 is 15.4 Å². The number of hydrogen-bond acceptors (Lipinski definition) is 5. The highest BCUT2D eigenvalue weighted by atomic mass is 16.5. The Bertz CT molecular complexity index is 734. The Kier molecular flexibility index (Phi) is 7.98. The average Bonchev–Trinajstić information content (AvgIpc) is 3.09. The highest BCUT2D eigenvalue weighted by molar-refractivity contribution is 5.79. The lowest BCUT2D eigenvalue weighted by Crippen LogP contribution is -2.38. The number of aliphatic imine (C=N–C) groups is 1. The Morgan fingerprint density at radius 2 is 2.04 bits per heavy atom. The van der Waals surface area contributed by atoms with Gasteiger partial charge in [-0.15, -0.1) is 0 Å². The van der Waals surface area contributed by atoms with Crippen LogP contribution in [0.2, 0.25) is 0 Å². The van der Waals surface area contributed by atoms with E-state index in [0.29, 0.717) is 25.3 Å². The van der Waals surface area contributed by atoms with Gasteiger partial charge in [-0.2, -0.15) is 0 Å². The van der Waals surface area contributed by atoms with Crippen molar-refractivity contribution in [3.8, 4) is 11.5 Å². The van der Waals surface area contributed by atoms with Crippen LogP contribution in [-0.4, -0.2) is 36.4 Å². The lowest BCUT2D eigenvalue weighted by Gasteiger charge is -2.13. The quantitative estimate of drug-likeness (QED) is 0.462. The summed E-state index contributed by atoms with van der Waals surface area (Å²) < 4.78 is 10.6. The lowest BCUT2D eigenvalue weighted by atomic mass is 10.1. The van der Waals surface area contributed by atoms with Gasteiger partial charge in [0.05, 0.1) is 19.3 Å². The third-order valence-electron chi connectivity index (χ3n) is 4.34. The van der Waals surface area contributed by atoms with Crippen molar-refractivity contribution in [3.63, 3.8) is 0 Å². The van der Waals surface area contributed by atoms with Gasteiger partial charge in [-0.05, 0) is 31.4 Å². The second kappa shape index (κ2) is 10.4. The number of aromatic hydroxyl groups is 1. The predicted octanol–water partition coefficient (Wildman–Crippen LogP) is 2.81. The number of benzene rings is 1. The molecular formula is C20H30N4O3. The molecule has 0 aliphatic heterocycles. The number of aryl methyl sites for hydroxylation is 2. The van der Waals surface area contributed by atoms with E-state index >= 15 is 0 Å². The standard InChI is InChI=1S/C20H30N4O3/c1-5-16-15(17(6-2)27-24-16)13-23-20(21-7-3)22-12-11-14-9-8-10-18(26-4)19(14)25/h8-10,25H,5-7,11-13H2,1-4H3,(H2,21,22,23). The van der Waals surface area contributed by atoms with Crippen molar-refractivity contribution in [3.05, 3.63) is 40.8 Å². The fraction of sp³-hybridized carbons (Fsp3) is 0.500. The maximum absolute atomic E-state index is 10.2. The summed E-state index contributed by atoms with van der Waals surface area (Å²) in [6.45, 7) is 8.07. The van der Waals surface area contributed by atoms with Crippen molar-refractivity contribution < 1.29 is 14.4 Å². The van der Waals surface area contributed by atoms with E-state index < -0.39 is 0 Å². The van der Waals surface area contributed by atoms with Gasteiger partial charge in [-0.3, -0.25) is 0 Å². The smallest absolute Gasteiger partial charge is 0.191 e. The Morgan fingerprint density at radius 1 is 1.22 bits per heavy atom. The maximum Gasteiger partial charge on any atom is 0.191 e. The molecule has 148 valence electrons. The Balaban J connectivity index is 2.01. The largest absolute Gasteiger partial charge is 0.504 e. The summed E-state index contributed by atoms with van der Waals surface area (Å²) in [7, 11) is 1.55. The molecule has 0 saturated carbocycles. The molecule has 1 aromatic heterocycles. The monoisotopic (exact) mass is 374 g/mol. The summed E-state index contributed by atoms with van der Waals surface area (Å²) in [5.74, 6) is 2.30. The molecule has 3 N–H and O–H groups in total. The molecule has 0 unspecified atom stereocenters. The predicted molar refractivity (Wildman–Crippen MR) is 106 cm³/mol. The van der Waals surface area contributed by atoms with Gasteiger partial charge in [0.25, 0.3) is 0 Å². The topological polar surface area (TPSA) is 91.9 Å². The van der Waals surface area contributed by atoms with Crippen LogP contribution in [-0.2, 0) is 25.8 Å². The van der Waals surface area contributed by atoms with Crippen LogP contribution in [0.5, 0.6) is 11.5 Å². The molecule has 0 aliphatic rings. The minimum atomic E-state index is 0.188. The van der Waals surface area contributed by atoms with Gasteiger partial charge >= 0.3 is 0 Å². The fourth-order valence-electron chi connectivity index (χ4n) is 2.87. The summed E-state index contributed by atoms with van der Waals surface area (Å²) >= 11 is 0. The normalized spacial score (nSPS) is 11.5. The van der Waals surface area contributed by atoms with Crippen molar-refractivity contribution in [2.75, 3.05) is 20.2 Å². The molecule has 1 aromatic carbocycles. The summed E-state index contributed by atoms with van der Waals surface area (Å²) in [6, 6.07) is 5.51. The number of hydrogen-bond donors (Lipinski definition) is 3. The van der Waals surface area contributed by atoms with Gasteiger partial charge in [-0.25, -0.2) is 4.99 Å². The highest BCUT2D eigenvalue weighted by Gasteiger charge is 2.13. The minimum absolute atomic E-state index is 0.188. The van der Waals surface area contributed by atoms with E-state index in [0.717, 1.165) is 47.9 Å². The van der Waals surface area contributed by atoms with Crippen LogP contribution in [0.15, 0.2) is 27.7 Å². The first-order valence-corrected chi connectivity index (χ1v) is 9.47. The van der Waals surface area contributed by atoms with E-state index in [4.69, 9.17) is 9.26 Å². The second-order valence-electron chi connectivity index (χ2n) is 6.08. The molecule has 0 radical (unpaired) electrons. The summed E-state index contributed by atoms with van der Waals surface area (Å²) in [6.07, 6.45) is 2.28. The number of para-hydroxylation sites is 1. The molecule has 0 aliphatic carbocycles. The first-order valence-electron chi connectivity index (χ1n) is 9.47. The van der Waals surface area contributed by atoms with E-state index in [9.17, 15) is 5.11 Å². The van der Waals surface area contributed by atoms with E-state index in [-0.39, 0.29) is 5.75 Å². The maximum atomic E-state index is 10.2. The molecule has 0 saturated heterocycles. The SMILES string of the molecule is CCNC(=NCc1c(CC)noc1CC)NCCc1cccc(OC)c1O. The van der Waals surface area contributed by atoms with Gasteiger partial charge < -0.3 is 25.0 Å². The first kappa shape index (κ1) is 20.6. The van der Waals surface area contributed by atoms with Crippen molar-refractivity contribution in [2.45, 2.75) is 46.6 Å². The van der Waals surface area contributed by atoms with Crippen LogP contribution >= 0.6 is 0 Å². The van der Waals surface area contributed by atoms with Crippen LogP contribution in [0.3, 0.4) is 0 Å². The zero-order chi connectivity index (χ0) is 19.6. The van der Waals surface area contributed by atoms with Crippen molar-refractivity contribution in [1.82, 2.24) is 15.8 Å². The van der Waals surface area contributed by atoms with Crippen molar-refractivity contribution in [2.24, 2.45) is 4.99 Å². The zero-order valence-electron chi connectivity index (χ0n) is 16.6. The number of phenolic OH excluding ortho intramolecular Hbond substituents is 1. The second-order valence-corrected chi connectivity index (χ2v) is 6.08. The number of guanidine groups is 1. The van der Waals surface area contributed by atoms with Crippen molar-refractivity contribution >= 4 is 5.96 Å². The van der Waals surface area contributed by atoms with Crippen molar-refractivity contribution in [1.29, 1.82) is 0 Å². The summed E-state index contributed by atoms with van der Waals surface area (Å²) in [4.78, 5) is 4.67. The Labute approximate surface area is 160 Å². The summed E-state index contributed by atoms with van der Waals surface area (Å²) in [5.41, 5.74) is 2.87. The average molecular weight is 374 g/mol. The third-order valence-corrected chi connectivity index (χ3v) is 4.34. The molecule has 7 nitrogen and oxygen atoms in total. The molecule has 0 bridgehead atoms. The number of methoxy groups -OCH3 is 1. The minimum Gasteiger partial charge on any atom is -0.504 e. The fourth-order valence-corrected chi connectivity index (χ4v) is 2.87. The van der Waals surface area contributed by atoms with Crippen LogP contribution in [0.25, 0.3) is 0 Å². The third kappa shape index (κ3) is 5.39. The number of ether oxygens (including phenoxy) is 1. The van der Waals surface area contributed by atoms with Gasteiger partial charge in [0.2, 0.25) is 0 Å². The van der Waals surface area contributed by atoms with E-state index in [1.165, 1.54) is 0 Å². The molecule has 0 amide bonds. The molecule has 0 fully saturated rings. The van der Waals surface area contributed by atoms with E-state index in [1.807, 2.05) is 19.1 Å².